The van der Waals surface area contributed by atoms with Crippen LogP contribution >= 0.6 is 0 Å². The summed E-state index contributed by atoms with van der Waals surface area (Å²) in [5, 5.41) is 0. The standard InChI is InChI=1S/C15H25N3/c1-12-5-4-6-14(7-12)18-10-13(2)9-17(3)11-15(18)8-16/h4-7,13,15H,8-11,16H2,1-3H3. The van der Waals surface area contributed by atoms with Gasteiger partial charge < -0.3 is 15.5 Å². The van der Waals surface area contributed by atoms with Crippen LogP contribution in [0.2, 0.25) is 0 Å². The van der Waals surface area contributed by atoms with Crippen molar-refractivity contribution < 1.29 is 0 Å². The van der Waals surface area contributed by atoms with Gasteiger partial charge in [-0.05, 0) is 37.6 Å². The highest BCUT2D eigenvalue weighted by molar-refractivity contribution is 5.49. The molecule has 0 radical (unpaired) electrons. The Kier molecular flexibility index (Phi) is 4.25. The maximum absolute atomic E-state index is 5.98. The zero-order valence-electron chi connectivity index (χ0n) is 11.8. The summed E-state index contributed by atoms with van der Waals surface area (Å²) >= 11 is 0. The van der Waals surface area contributed by atoms with Crippen molar-refractivity contribution in [2.45, 2.75) is 19.9 Å². The van der Waals surface area contributed by atoms with Gasteiger partial charge in [0.2, 0.25) is 0 Å². The zero-order valence-corrected chi connectivity index (χ0v) is 11.8. The molecule has 3 heteroatoms. The summed E-state index contributed by atoms with van der Waals surface area (Å²) in [4.78, 5) is 4.89. The van der Waals surface area contributed by atoms with Crippen LogP contribution < -0.4 is 10.6 Å². The first-order valence-corrected chi connectivity index (χ1v) is 6.82. The average molecular weight is 247 g/mol. The number of anilines is 1. The molecule has 0 amide bonds. The van der Waals surface area contributed by atoms with Crippen molar-refractivity contribution in [3.8, 4) is 0 Å². The number of nitrogens with zero attached hydrogens (tertiary/aromatic N) is 2. The fraction of sp³-hybridized carbons (Fsp3) is 0.600. The number of aryl methyl sites for hydroxylation is 1. The Labute approximate surface area is 111 Å². The summed E-state index contributed by atoms with van der Waals surface area (Å²) < 4.78 is 0. The summed E-state index contributed by atoms with van der Waals surface area (Å²) in [6, 6.07) is 9.17. The number of likely N-dealkylation sites (N-methyl/N-ethyl adjacent to an activating group) is 1. The summed E-state index contributed by atoms with van der Waals surface area (Å²) in [5.74, 6) is 0.673. The van der Waals surface area contributed by atoms with Crippen LogP contribution in [0.1, 0.15) is 12.5 Å². The lowest BCUT2D eigenvalue weighted by Crippen LogP contribution is -2.45. The Morgan fingerprint density at radius 3 is 2.72 bits per heavy atom. The summed E-state index contributed by atoms with van der Waals surface area (Å²) in [7, 11) is 2.19. The lowest BCUT2D eigenvalue weighted by atomic mass is 10.1. The molecule has 3 nitrogen and oxygen atoms in total. The molecule has 0 bridgehead atoms. The van der Waals surface area contributed by atoms with Crippen LogP contribution in [0.15, 0.2) is 24.3 Å². The quantitative estimate of drug-likeness (QED) is 0.863. The first-order valence-electron chi connectivity index (χ1n) is 6.82. The van der Waals surface area contributed by atoms with E-state index in [0.29, 0.717) is 18.5 Å². The minimum Gasteiger partial charge on any atom is -0.366 e. The highest BCUT2D eigenvalue weighted by Gasteiger charge is 2.25. The Bertz CT molecular complexity index is 391. The summed E-state index contributed by atoms with van der Waals surface area (Å²) in [6.45, 7) is 8.47. The monoisotopic (exact) mass is 247 g/mol. The second kappa shape index (κ2) is 5.72. The normalized spacial score (nSPS) is 26.1. The van der Waals surface area contributed by atoms with Gasteiger partial charge in [0.15, 0.2) is 0 Å². The molecule has 18 heavy (non-hydrogen) atoms. The van der Waals surface area contributed by atoms with E-state index in [0.717, 1.165) is 19.6 Å². The predicted molar refractivity (Wildman–Crippen MR) is 78.0 cm³/mol. The van der Waals surface area contributed by atoms with Crippen LogP contribution in [0.5, 0.6) is 0 Å². The van der Waals surface area contributed by atoms with Gasteiger partial charge in [-0.15, -0.1) is 0 Å². The van der Waals surface area contributed by atoms with Gasteiger partial charge in [-0.3, -0.25) is 0 Å². The molecule has 2 N–H and O–H groups in total. The molecule has 1 saturated heterocycles. The summed E-state index contributed by atoms with van der Waals surface area (Å²) in [5.41, 5.74) is 8.60. The average Bonchev–Trinajstić information content (AvgIpc) is 2.47. The van der Waals surface area contributed by atoms with Crippen molar-refractivity contribution in [3.05, 3.63) is 29.8 Å². The predicted octanol–water partition coefficient (Wildman–Crippen LogP) is 1.71. The molecule has 0 saturated carbocycles. The van der Waals surface area contributed by atoms with Gasteiger partial charge in [-0.1, -0.05) is 19.1 Å². The first kappa shape index (κ1) is 13.4. The SMILES string of the molecule is Cc1cccc(N2CC(C)CN(C)CC2CN)c1. The maximum atomic E-state index is 5.98. The van der Waals surface area contributed by atoms with Crippen molar-refractivity contribution >= 4 is 5.69 Å². The minimum atomic E-state index is 0.418. The van der Waals surface area contributed by atoms with Crippen molar-refractivity contribution in [1.29, 1.82) is 0 Å². The summed E-state index contributed by atoms with van der Waals surface area (Å²) in [6.07, 6.45) is 0. The van der Waals surface area contributed by atoms with Crippen LogP contribution in [-0.2, 0) is 0 Å². The molecular weight excluding hydrogens is 222 g/mol. The molecule has 1 fully saturated rings. The highest BCUT2D eigenvalue weighted by atomic mass is 15.2. The van der Waals surface area contributed by atoms with Crippen LogP contribution in [0.25, 0.3) is 0 Å². The Hall–Kier alpha value is -1.06. The molecule has 2 unspecified atom stereocenters. The van der Waals surface area contributed by atoms with E-state index < -0.39 is 0 Å². The molecule has 0 spiro atoms. The zero-order chi connectivity index (χ0) is 13.1. The topological polar surface area (TPSA) is 32.5 Å². The molecule has 2 rings (SSSR count). The van der Waals surface area contributed by atoms with E-state index in [1.165, 1.54) is 11.3 Å². The Morgan fingerprint density at radius 1 is 1.28 bits per heavy atom. The van der Waals surface area contributed by atoms with E-state index in [1.54, 1.807) is 0 Å². The van der Waals surface area contributed by atoms with E-state index in [-0.39, 0.29) is 0 Å². The fourth-order valence-corrected chi connectivity index (χ4v) is 2.93. The Morgan fingerprint density at radius 2 is 2.06 bits per heavy atom. The third-order valence-corrected chi connectivity index (χ3v) is 3.70. The van der Waals surface area contributed by atoms with Gasteiger partial charge in [-0.2, -0.15) is 0 Å². The molecule has 1 aromatic carbocycles. The lowest BCUT2D eigenvalue weighted by Gasteiger charge is -2.33. The van der Waals surface area contributed by atoms with Crippen LogP contribution in [0, 0.1) is 12.8 Å². The molecular formula is C15H25N3. The molecule has 1 aliphatic rings. The lowest BCUT2D eigenvalue weighted by molar-refractivity contribution is 0.304. The second-order valence-corrected chi connectivity index (χ2v) is 5.71. The maximum Gasteiger partial charge on any atom is 0.0539 e. The van der Waals surface area contributed by atoms with Gasteiger partial charge in [0.25, 0.3) is 0 Å². The van der Waals surface area contributed by atoms with Crippen molar-refractivity contribution in [2.24, 2.45) is 11.7 Å². The number of benzene rings is 1. The third-order valence-electron chi connectivity index (χ3n) is 3.70. The molecule has 100 valence electrons. The molecule has 2 atom stereocenters. The number of hydrogen-bond acceptors (Lipinski definition) is 3. The molecule has 0 aromatic heterocycles. The molecule has 1 aromatic rings. The van der Waals surface area contributed by atoms with Gasteiger partial charge >= 0.3 is 0 Å². The molecule has 0 aliphatic carbocycles. The molecule has 1 heterocycles. The van der Waals surface area contributed by atoms with E-state index in [4.69, 9.17) is 5.73 Å². The molecule has 1 aliphatic heterocycles. The van der Waals surface area contributed by atoms with E-state index in [9.17, 15) is 0 Å². The van der Waals surface area contributed by atoms with Crippen LogP contribution in [0.4, 0.5) is 5.69 Å². The smallest absolute Gasteiger partial charge is 0.0539 e. The Balaban J connectivity index is 2.27. The fourth-order valence-electron chi connectivity index (χ4n) is 2.93. The first-order chi connectivity index (χ1) is 8.60. The highest BCUT2D eigenvalue weighted by Crippen LogP contribution is 2.22. The van der Waals surface area contributed by atoms with Crippen LogP contribution in [0.3, 0.4) is 0 Å². The van der Waals surface area contributed by atoms with E-state index >= 15 is 0 Å². The van der Waals surface area contributed by atoms with Crippen molar-refractivity contribution in [3.63, 3.8) is 0 Å². The second-order valence-electron chi connectivity index (χ2n) is 5.71. The van der Waals surface area contributed by atoms with E-state index in [1.807, 2.05) is 0 Å². The van der Waals surface area contributed by atoms with Gasteiger partial charge in [0.05, 0.1) is 6.04 Å². The third kappa shape index (κ3) is 3.03. The van der Waals surface area contributed by atoms with Gasteiger partial charge in [-0.25, -0.2) is 0 Å². The van der Waals surface area contributed by atoms with Crippen molar-refractivity contribution in [2.75, 3.05) is 38.1 Å². The largest absolute Gasteiger partial charge is 0.366 e. The minimum absolute atomic E-state index is 0.418. The number of rotatable bonds is 2. The van der Waals surface area contributed by atoms with Crippen molar-refractivity contribution in [1.82, 2.24) is 4.90 Å². The van der Waals surface area contributed by atoms with Gasteiger partial charge in [0, 0.05) is 31.9 Å². The van der Waals surface area contributed by atoms with Gasteiger partial charge in [0.1, 0.15) is 0 Å². The number of hydrogen-bond donors (Lipinski definition) is 1. The van der Waals surface area contributed by atoms with Crippen LogP contribution in [-0.4, -0.2) is 44.2 Å². The van der Waals surface area contributed by atoms with E-state index in [2.05, 4.69) is 55.0 Å². The number of nitrogens with two attached hydrogens (primary N) is 1.